The van der Waals surface area contributed by atoms with Crippen LogP contribution in [0.5, 0.6) is 0 Å². The Labute approximate surface area is 128 Å². The van der Waals surface area contributed by atoms with Crippen molar-refractivity contribution in [3.8, 4) is 6.07 Å². The van der Waals surface area contributed by atoms with E-state index in [1.165, 1.54) is 0 Å². The zero-order valence-corrected chi connectivity index (χ0v) is 12.5. The van der Waals surface area contributed by atoms with Gasteiger partial charge in [0.25, 0.3) is 0 Å². The minimum absolute atomic E-state index is 0.0948. The van der Waals surface area contributed by atoms with Gasteiger partial charge in [-0.3, -0.25) is 4.90 Å². The van der Waals surface area contributed by atoms with Gasteiger partial charge in [0.2, 0.25) is 0 Å². The number of urea groups is 1. The summed E-state index contributed by atoms with van der Waals surface area (Å²) >= 11 is 6.18. The van der Waals surface area contributed by atoms with Crippen molar-refractivity contribution in [1.29, 1.82) is 5.26 Å². The predicted molar refractivity (Wildman–Crippen MR) is 79.4 cm³/mol. The number of halogens is 1. The molecule has 6 heteroatoms. The Morgan fingerprint density at radius 3 is 2.90 bits per heavy atom. The lowest BCUT2D eigenvalue weighted by atomic mass is 10.0. The third kappa shape index (κ3) is 2.15. The number of aliphatic hydroxyl groups excluding tert-OH is 1. The van der Waals surface area contributed by atoms with Crippen molar-refractivity contribution < 1.29 is 9.90 Å². The summed E-state index contributed by atoms with van der Waals surface area (Å²) in [7, 11) is 0. The number of nitrogens with zero attached hydrogens (tertiary/aromatic N) is 3. The fraction of sp³-hybridized carbons (Fsp3) is 0.467. The van der Waals surface area contributed by atoms with Crippen molar-refractivity contribution in [3.63, 3.8) is 0 Å². The van der Waals surface area contributed by atoms with Crippen LogP contribution < -0.4 is 4.90 Å². The molecule has 21 heavy (non-hydrogen) atoms. The second-order valence-electron chi connectivity index (χ2n) is 5.55. The Morgan fingerprint density at radius 2 is 2.24 bits per heavy atom. The van der Waals surface area contributed by atoms with Crippen LogP contribution in [0.1, 0.15) is 24.0 Å². The molecule has 2 aliphatic rings. The minimum atomic E-state index is -0.471. The summed E-state index contributed by atoms with van der Waals surface area (Å²) in [5.41, 5.74) is 1.84. The van der Waals surface area contributed by atoms with Crippen LogP contribution in [0.4, 0.5) is 10.5 Å². The van der Waals surface area contributed by atoms with Gasteiger partial charge in [-0.25, -0.2) is 4.79 Å². The molecule has 110 valence electrons. The van der Waals surface area contributed by atoms with Crippen molar-refractivity contribution in [2.75, 3.05) is 18.0 Å². The van der Waals surface area contributed by atoms with Gasteiger partial charge in [0.05, 0.1) is 29.3 Å². The number of benzene rings is 1. The number of nitriles is 1. The first-order valence-corrected chi connectivity index (χ1v) is 7.37. The molecule has 2 heterocycles. The van der Waals surface area contributed by atoms with E-state index in [-0.39, 0.29) is 12.1 Å². The highest BCUT2D eigenvalue weighted by atomic mass is 35.5. The highest BCUT2D eigenvalue weighted by molar-refractivity contribution is 6.33. The van der Waals surface area contributed by atoms with E-state index in [2.05, 4.69) is 0 Å². The molecule has 1 N–H and O–H groups in total. The van der Waals surface area contributed by atoms with Crippen LogP contribution in [0.25, 0.3) is 0 Å². The summed E-state index contributed by atoms with van der Waals surface area (Å²) in [5.74, 6) is 0. The van der Waals surface area contributed by atoms with E-state index in [1.807, 2.05) is 6.07 Å². The molecule has 1 aromatic carbocycles. The second-order valence-corrected chi connectivity index (χ2v) is 5.92. The van der Waals surface area contributed by atoms with Crippen molar-refractivity contribution in [2.24, 2.45) is 0 Å². The average Bonchev–Trinajstić information content (AvgIpc) is 2.81. The zero-order valence-electron chi connectivity index (χ0n) is 11.7. The molecule has 2 saturated heterocycles. The molecule has 0 aliphatic carbocycles. The minimum Gasteiger partial charge on any atom is -0.391 e. The van der Waals surface area contributed by atoms with Crippen LogP contribution in [0.15, 0.2) is 12.1 Å². The molecule has 2 fully saturated rings. The molecule has 0 unspecified atom stereocenters. The number of carbonyl (C=O) groups is 1. The third-order valence-electron chi connectivity index (χ3n) is 4.36. The maximum Gasteiger partial charge on any atom is 0.324 e. The molecule has 5 nitrogen and oxygen atoms in total. The van der Waals surface area contributed by atoms with Crippen molar-refractivity contribution in [3.05, 3.63) is 28.3 Å². The second kappa shape index (κ2) is 5.21. The van der Waals surface area contributed by atoms with E-state index < -0.39 is 6.10 Å². The van der Waals surface area contributed by atoms with Crippen LogP contribution in [0.2, 0.25) is 5.02 Å². The summed E-state index contributed by atoms with van der Waals surface area (Å²) in [5, 5.41) is 19.5. The Hall–Kier alpha value is -1.77. The van der Waals surface area contributed by atoms with E-state index >= 15 is 0 Å². The Balaban J connectivity index is 1.97. The van der Waals surface area contributed by atoms with Crippen molar-refractivity contribution >= 4 is 23.3 Å². The molecule has 1 aromatic rings. The van der Waals surface area contributed by atoms with Crippen LogP contribution in [0.3, 0.4) is 0 Å². The quantitative estimate of drug-likeness (QED) is 0.865. The van der Waals surface area contributed by atoms with Crippen LogP contribution in [-0.2, 0) is 0 Å². The zero-order chi connectivity index (χ0) is 15.1. The number of hydrogen-bond donors (Lipinski definition) is 1. The molecule has 0 bridgehead atoms. The standard InChI is InChI=1S/C15H16ClN3O2/c1-9-11(5-4-10(7-17)14(9)16)19-8-12-13(20)3-2-6-18(12)15(19)21/h4-5,12-13,20H,2-3,6,8H2,1H3/t12-,13-/m1/s1. The van der Waals surface area contributed by atoms with Crippen LogP contribution >= 0.6 is 11.6 Å². The van der Waals surface area contributed by atoms with Crippen LogP contribution in [-0.4, -0.2) is 41.3 Å². The van der Waals surface area contributed by atoms with Gasteiger partial charge in [0.15, 0.2) is 0 Å². The largest absolute Gasteiger partial charge is 0.391 e. The maximum absolute atomic E-state index is 12.5. The first kappa shape index (κ1) is 14.2. The number of amides is 2. The highest BCUT2D eigenvalue weighted by Crippen LogP contribution is 2.35. The van der Waals surface area contributed by atoms with Gasteiger partial charge in [0.1, 0.15) is 6.07 Å². The number of piperidine rings is 1. The summed E-state index contributed by atoms with van der Waals surface area (Å²) in [6, 6.07) is 5.17. The normalized spacial score (nSPS) is 25.0. The number of hydrogen-bond acceptors (Lipinski definition) is 3. The van der Waals surface area contributed by atoms with Gasteiger partial charge in [0, 0.05) is 12.2 Å². The SMILES string of the molecule is Cc1c(N2C[C@@H]3[C@H](O)CCCN3C2=O)ccc(C#N)c1Cl. The highest BCUT2D eigenvalue weighted by Gasteiger charge is 2.43. The van der Waals surface area contributed by atoms with Gasteiger partial charge < -0.3 is 10.0 Å². The fourth-order valence-corrected chi connectivity index (χ4v) is 3.37. The summed E-state index contributed by atoms with van der Waals surface area (Å²) in [4.78, 5) is 15.9. The molecule has 0 spiro atoms. The smallest absolute Gasteiger partial charge is 0.324 e. The van der Waals surface area contributed by atoms with E-state index in [4.69, 9.17) is 16.9 Å². The molecule has 3 rings (SSSR count). The summed E-state index contributed by atoms with van der Waals surface area (Å²) < 4.78 is 0. The first-order chi connectivity index (χ1) is 10.0. The average molecular weight is 306 g/mol. The topological polar surface area (TPSA) is 67.6 Å². The Morgan fingerprint density at radius 1 is 1.48 bits per heavy atom. The predicted octanol–water partition coefficient (Wildman–Crippen LogP) is 2.29. The van der Waals surface area contributed by atoms with Crippen molar-refractivity contribution in [2.45, 2.75) is 31.9 Å². The number of aliphatic hydroxyl groups is 1. The lowest BCUT2D eigenvalue weighted by molar-refractivity contribution is 0.0518. The molecule has 0 saturated carbocycles. The van der Waals surface area contributed by atoms with E-state index in [9.17, 15) is 9.90 Å². The number of anilines is 1. The number of fused-ring (bicyclic) bond motifs is 1. The maximum atomic E-state index is 12.5. The van der Waals surface area contributed by atoms with Gasteiger partial charge in [-0.2, -0.15) is 5.26 Å². The van der Waals surface area contributed by atoms with Gasteiger partial charge in [-0.1, -0.05) is 11.6 Å². The van der Waals surface area contributed by atoms with E-state index in [0.717, 1.165) is 18.4 Å². The molecule has 2 atom stereocenters. The Bertz CT molecular complexity index is 641. The third-order valence-corrected chi connectivity index (χ3v) is 4.85. The monoisotopic (exact) mass is 305 g/mol. The Kier molecular flexibility index (Phi) is 3.52. The molecular weight excluding hydrogens is 290 g/mol. The van der Waals surface area contributed by atoms with Gasteiger partial charge in [-0.15, -0.1) is 0 Å². The lowest BCUT2D eigenvalue weighted by Gasteiger charge is -2.31. The van der Waals surface area contributed by atoms with Gasteiger partial charge in [-0.05, 0) is 37.5 Å². The lowest BCUT2D eigenvalue weighted by Crippen LogP contribution is -2.46. The van der Waals surface area contributed by atoms with Crippen LogP contribution in [0, 0.1) is 18.3 Å². The van der Waals surface area contributed by atoms with E-state index in [0.29, 0.717) is 29.4 Å². The van der Waals surface area contributed by atoms with Crippen molar-refractivity contribution in [1.82, 2.24) is 4.90 Å². The summed E-state index contributed by atoms with van der Waals surface area (Å²) in [6.45, 7) is 2.95. The molecule has 0 radical (unpaired) electrons. The molecule has 0 aromatic heterocycles. The molecular formula is C15H16ClN3O2. The number of carbonyl (C=O) groups excluding carboxylic acids is 1. The van der Waals surface area contributed by atoms with Gasteiger partial charge >= 0.3 is 6.03 Å². The van der Waals surface area contributed by atoms with E-state index in [1.54, 1.807) is 28.9 Å². The first-order valence-electron chi connectivity index (χ1n) is 7.00. The fourth-order valence-electron chi connectivity index (χ4n) is 3.17. The molecule has 2 amide bonds. The molecule has 2 aliphatic heterocycles. The number of rotatable bonds is 1. The summed E-state index contributed by atoms with van der Waals surface area (Å²) in [6.07, 6.45) is 1.08.